The quantitative estimate of drug-likeness (QED) is 0.910. The van der Waals surface area contributed by atoms with Crippen molar-refractivity contribution < 1.29 is 9.90 Å². The Morgan fingerprint density at radius 2 is 2.10 bits per heavy atom. The van der Waals surface area contributed by atoms with E-state index in [1.165, 1.54) is 0 Å². The molecule has 4 heteroatoms. The van der Waals surface area contributed by atoms with E-state index in [2.05, 4.69) is 4.98 Å². The number of aliphatic hydroxyl groups excluding tert-OH is 1. The Balaban J connectivity index is 1.80. The van der Waals surface area contributed by atoms with Gasteiger partial charge in [0, 0.05) is 30.4 Å². The van der Waals surface area contributed by atoms with Crippen LogP contribution < -0.4 is 0 Å². The van der Waals surface area contributed by atoms with Crippen LogP contribution in [0.2, 0.25) is 0 Å². The lowest BCUT2D eigenvalue weighted by atomic mass is 9.87. The molecule has 1 N–H and O–H groups in total. The number of amides is 1. The number of aromatic nitrogens is 1. The van der Waals surface area contributed by atoms with Gasteiger partial charge in [-0.2, -0.15) is 0 Å². The maximum absolute atomic E-state index is 12.8. The number of carbonyl (C=O) groups is 1. The normalized spacial score (nSPS) is 29.6. The SMILES string of the molecule is Cc1ccc(C(=O)N2CCCCC2C2CCCC2O)cn1. The molecular formula is C17H24N2O2. The van der Waals surface area contributed by atoms with Crippen LogP contribution in [0.25, 0.3) is 0 Å². The Labute approximate surface area is 126 Å². The second kappa shape index (κ2) is 6.14. The van der Waals surface area contributed by atoms with E-state index >= 15 is 0 Å². The van der Waals surface area contributed by atoms with Gasteiger partial charge in [-0.15, -0.1) is 0 Å². The summed E-state index contributed by atoms with van der Waals surface area (Å²) in [5, 5.41) is 10.2. The van der Waals surface area contributed by atoms with Crippen molar-refractivity contribution in [3.05, 3.63) is 29.6 Å². The molecule has 0 radical (unpaired) electrons. The number of aliphatic hydroxyl groups is 1. The zero-order valence-electron chi connectivity index (χ0n) is 12.7. The minimum Gasteiger partial charge on any atom is -0.393 e. The van der Waals surface area contributed by atoms with Gasteiger partial charge in [-0.3, -0.25) is 9.78 Å². The highest BCUT2D eigenvalue weighted by Gasteiger charge is 2.39. The third-order valence-electron chi connectivity index (χ3n) is 4.99. The molecule has 1 aromatic heterocycles. The van der Waals surface area contributed by atoms with Crippen molar-refractivity contribution in [1.82, 2.24) is 9.88 Å². The molecule has 1 aliphatic heterocycles. The first-order valence-corrected chi connectivity index (χ1v) is 8.08. The monoisotopic (exact) mass is 288 g/mol. The first-order valence-electron chi connectivity index (χ1n) is 8.08. The number of rotatable bonds is 2. The molecule has 1 saturated heterocycles. The van der Waals surface area contributed by atoms with Crippen molar-refractivity contribution in [2.75, 3.05) is 6.54 Å². The maximum atomic E-state index is 12.8. The van der Waals surface area contributed by atoms with Crippen molar-refractivity contribution in [1.29, 1.82) is 0 Å². The predicted molar refractivity (Wildman–Crippen MR) is 81.0 cm³/mol. The van der Waals surface area contributed by atoms with Crippen molar-refractivity contribution in [3.63, 3.8) is 0 Å². The summed E-state index contributed by atoms with van der Waals surface area (Å²) in [6.45, 7) is 2.73. The molecule has 2 fully saturated rings. The van der Waals surface area contributed by atoms with Crippen molar-refractivity contribution in [2.24, 2.45) is 5.92 Å². The first kappa shape index (κ1) is 14.5. The van der Waals surface area contributed by atoms with E-state index in [0.717, 1.165) is 50.8 Å². The van der Waals surface area contributed by atoms with E-state index in [0.29, 0.717) is 5.56 Å². The summed E-state index contributed by atoms with van der Waals surface area (Å²) in [6, 6.07) is 3.95. The summed E-state index contributed by atoms with van der Waals surface area (Å²) in [6.07, 6.45) is 7.68. The van der Waals surface area contributed by atoms with Gasteiger partial charge in [0.2, 0.25) is 0 Å². The summed E-state index contributed by atoms with van der Waals surface area (Å²) in [7, 11) is 0. The predicted octanol–water partition coefficient (Wildman–Crippen LogP) is 2.55. The van der Waals surface area contributed by atoms with E-state index in [1.807, 2.05) is 24.0 Å². The summed E-state index contributed by atoms with van der Waals surface area (Å²) in [5.74, 6) is 0.332. The zero-order valence-corrected chi connectivity index (χ0v) is 12.7. The Hall–Kier alpha value is -1.42. The van der Waals surface area contributed by atoms with E-state index in [9.17, 15) is 9.90 Å². The molecular weight excluding hydrogens is 264 g/mol. The third kappa shape index (κ3) is 2.95. The highest BCUT2D eigenvalue weighted by atomic mass is 16.3. The molecule has 1 amide bonds. The summed E-state index contributed by atoms with van der Waals surface area (Å²) < 4.78 is 0. The zero-order chi connectivity index (χ0) is 14.8. The average Bonchev–Trinajstić information content (AvgIpc) is 2.93. The van der Waals surface area contributed by atoms with Crippen LogP contribution in [0.3, 0.4) is 0 Å². The molecule has 1 aromatic rings. The lowest BCUT2D eigenvalue weighted by Gasteiger charge is -2.40. The number of hydrogen-bond acceptors (Lipinski definition) is 3. The number of nitrogens with zero attached hydrogens (tertiary/aromatic N) is 2. The molecule has 4 nitrogen and oxygen atoms in total. The number of likely N-dealkylation sites (tertiary alicyclic amines) is 1. The molecule has 3 rings (SSSR count). The van der Waals surface area contributed by atoms with Gasteiger partial charge in [0.25, 0.3) is 5.91 Å². The molecule has 3 atom stereocenters. The number of hydrogen-bond donors (Lipinski definition) is 1. The highest BCUT2D eigenvalue weighted by Crippen LogP contribution is 2.35. The Kier molecular flexibility index (Phi) is 4.24. The molecule has 2 heterocycles. The number of pyridine rings is 1. The van der Waals surface area contributed by atoms with Crippen molar-refractivity contribution >= 4 is 5.91 Å². The maximum Gasteiger partial charge on any atom is 0.255 e. The van der Waals surface area contributed by atoms with Crippen LogP contribution in [0.1, 0.15) is 54.6 Å². The van der Waals surface area contributed by atoms with Crippen LogP contribution in [0.4, 0.5) is 0 Å². The summed E-state index contributed by atoms with van der Waals surface area (Å²) in [4.78, 5) is 19.0. The van der Waals surface area contributed by atoms with Crippen LogP contribution in [0.5, 0.6) is 0 Å². The average molecular weight is 288 g/mol. The van der Waals surface area contributed by atoms with Crippen LogP contribution in [-0.2, 0) is 0 Å². The molecule has 1 aliphatic carbocycles. The van der Waals surface area contributed by atoms with E-state index in [4.69, 9.17) is 0 Å². The second-order valence-corrected chi connectivity index (χ2v) is 6.41. The van der Waals surface area contributed by atoms with Gasteiger partial charge in [0.1, 0.15) is 0 Å². The molecule has 0 aromatic carbocycles. The fraction of sp³-hybridized carbons (Fsp3) is 0.647. The molecule has 21 heavy (non-hydrogen) atoms. The largest absolute Gasteiger partial charge is 0.393 e. The van der Waals surface area contributed by atoms with Gasteiger partial charge in [-0.25, -0.2) is 0 Å². The fourth-order valence-corrected chi connectivity index (χ4v) is 3.83. The van der Waals surface area contributed by atoms with Gasteiger partial charge in [0.05, 0.1) is 11.7 Å². The molecule has 114 valence electrons. The molecule has 3 unspecified atom stereocenters. The molecule has 0 bridgehead atoms. The van der Waals surface area contributed by atoms with Crippen molar-refractivity contribution in [3.8, 4) is 0 Å². The lowest BCUT2D eigenvalue weighted by Crippen LogP contribution is -2.49. The first-order chi connectivity index (χ1) is 10.2. The van der Waals surface area contributed by atoms with E-state index < -0.39 is 0 Å². The fourth-order valence-electron chi connectivity index (χ4n) is 3.83. The van der Waals surface area contributed by atoms with Gasteiger partial charge in [-0.05, 0) is 51.2 Å². The van der Waals surface area contributed by atoms with Crippen molar-refractivity contribution in [2.45, 2.75) is 57.6 Å². The van der Waals surface area contributed by atoms with Crippen LogP contribution in [0, 0.1) is 12.8 Å². The summed E-state index contributed by atoms with van der Waals surface area (Å²) >= 11 is 0. The van der Waals surface area contributed by atoms with Gasteiger partial charge in [-0.1, -0.05) is 6.42 Å². The molecule has 1 saturated carbocycles. The standard InChI is InChI=1S/C17H24N2O2/c1-12-8-9-13(11-18-12)17(21)19-10-3-2-6-15(19)14-5-4-7-16(14)20/h8-9,11,14-16,20H,2-7,10H2,1H3. The minimum atomic E-state index is -0.237. The van der Waals surface area contributed by atoms with E-state index in [-0.39, 0.29) is 24.0 Å². The van der Waals surface area contributed by atoms with Gasteiger partial charge < -0.3 is 10.0 Å². The smallest absolute Gasteiger partial charge is 0.255 e. The topological polar surface area (TPSA) is 53.4 Å². The molecule has 2 aliphatic rings. The minimum absolute atomic E-state index is 0.0753. The van der Waals surface area contributed by atoms with E-state index in [1.54, 1.807) is 6.20 Å². The van der Waals surface area contributed by atoms with Crippen LogP contribution >= 0.6 is 0 Å². The van der Waals surface area contributed by atoms with Gasteiger partial charge >= 0.3 is 0 Å². The Bertz CT molecular complexity index is 500. The third-order valence-corrected chi connectivity index (χ3v) is 4.99. The van der Waals surface area contributed by atoms with Gasteiger partial charge in [0.15, 0.2) is 0 Å². The lowest BCUT2D eigenvalue weighted by molar-refractivity contribution is 0.0287. The number of piperidine rings is 1. The number of aryl methyl sites for hydroxylation is 1. The van der Waals surface area contributed by atoms with Crippen LogP contribution in [-0.4, -0.2) is 39.6 Å². The highest BCUT2D eigenvalue weighted by molar-refractivity contribution is 5.94. The Morgan fingerprint density at radius 1 is 1.24 bits per heavy atom. The summed E-state index contributed by atoms with van der Waals surface area (Å²) in [5.41, 5.74) is 1.59. The second-order valence-electron chi connectivity index (χ2n) is 6.41. The van der Waals surface area contributed by atoms with Crippen LogP contribution in [0.15, 0.2) is 18.3 Å². The molecule has 0 spiro atoms. The Morgan fingerprint density at radius 3 is 2.76 bits per heavy atom. The number of carbonyl (C=O) groups excluding carboxylic acids is 1.